The number of rotatable bonds is 4. The highest BCUT2D eigenvalue weighted by molar-refractivity contribution is 5.88. The standard InChI is InChI=1S/C22H22F3N4O3/c1-21(2,30-3)11-32-17-10-31-16-7-5-4-6-13(16)15(17)9-26-19-14-8-18(22(23,24)25)29-20(14)28-12-27-19/h4-8,12,15,17H,10-11H2,1-3H3,(H,27,28,29)/q+1/t15?,17-/m0/s1. The van der Waals surface area contributed by atoms with E-state index in [1.165, 1.54) is 0 Å². The predicted octanol–water partition coefficient (Wildman–Crippen LogP) is 4.93. The molecule has 0 saturated heterocycles. The second-order valence-corrected chi connectivity index (χ2v) is 8.02. The van der Waals surface area contributed by atoms with Gasteiger partial charge in [0, 0.05) is 12.7 Å². The number of methoxy groups -OCH3 is 1. The largest absolute Gasteiger partial charge is 0.490 e. The van der Waals surface area contributed by atoms with Crippen LogP contribution in [0, 0.1) is 6.07 Å². The number of para-hydroxylation sites is 1. The summed E-state index contributed by atoms with van der Waals surface area (Å²) < 4.78 is 56.6. The fourth-order valence-electron chi connectivity index (χ4n) is 3.30. The minimum atomic E-state index is -4.53. The van der Waals surface area contributed by atoms with Crippen molar-refractivity contribution in [3.05, 3.63) is 52.8 Å². The van der Waals surface area contributed by atoms with Crippen LogP contribution in [0.15, 0.2) is 36.7 Å². The first-order valence-electron chi connectivity index (χ1n) is 9.93. The van der Waals surface area contributed by atoms with E-state index in [4.69, 9.17) is 14.2 Å². The molecule has 1 aliphatic rings. The van der Waals surface area contributed by atoms with Gasteiger partial charge >= 0.3 is 12.0 Å². The maximum atomic E-state index is 13.1. The normalized spacial score (nSPS) is 18.6. The molecule has 1 unspecified atom stereocenters. The minimum Gasteiger partial charge on any atom is -0.490 e. The van der Waals surface area contributed by atoms with Crippen LogP contribution in [0.2, 0.25) is 0 Å². The Labute approximate surface area is 182 Å². The van der Waals surface area contributed by atoms with Crippen molar-refractivity contribution < 1.29 is 27.4 Å². The molecule has 7 nitrogen and oxygen atoms in total. The Morgan fingerprint density at radius 1 is 1.25 bits per heavy atom. The van der Waals surface area contributed by atoms with Crippen molar-refractivity contribution in [1.29, 1.82) is 0 Å². The number of fused-ring (bicyclic) bond motifs is 2. The maximum Gasteiger partial charge on any atom is 0.438 e. The average Bonchev–Trinajstić information content (AvgIpc) is 3.22. The van der Waals surface area contributed by atoms with E-state index < -0.39 is 29.5 Å². The predicted molar refractivity (Wildman–Crippen MR) is 111 cm³/mol. The Balaban J connectivity index is 1.70. The van der Waals surface area contributed by atoms with E-state index in [0.29, 0.717) is 12.4 Å². The number of ether oxygens (including phenoxy) is 3. The van der Waals surface area contributed by atoms with Gasteiger partial charge in [0.25, 0.3) is 0 Å². The fraction of sp³-hybridized carbons (Fsp3) is 0.409. The molecule has 0 saturated carbocycles. The van der Waals surface area contributed by atoms with Crippen molar-refractivity contribution in [1.82, 2.24) is 15.0 Å². The van der Waals surface area contributed by atoms with Crippen molar-refractivity contribution >= 4 is 16.9 Å². The summed E-state index contributed by atoms with van der Waals surface area (Å²) in [6.07, 6.45) is -3.79. The second kappa shape index (κ2) is 8.41. The lowest BCUT2D eigenvalue weighted by Crippen LogP contribution is -2.38. The van der Waals surface area contributed by atoms with Gasteiger partial charge in [-0.15, -0.1) is 0 Å². The number of alkyl halides is 3. The van der Waals surface area contributed by atoms with Gasteiger partial charge in [0.15, 0.2) is 11.7 Å². The lowest BCUT2D eigenvalue weighted by Gasteiger charge is -2.32. The number of benzene rings is 1. The molecule has 4 rings (SSSR count). The van der Waals surface area contributed by atoms with Crippen LogP contribution in [0.25, 0.3) is 15.9 Å². The third-order valence-electron chi connectivity index (χ3n) is 5.25. The molecule has 0 spiro atoms. The van der Waals surface area contributed by atoms with Crippen LogP contribution >= 0.6 is 0 Å². The van der Waals surface area contributed by atoms with E-state index in [9.17, 15) is 13.2 Å². The van der Waals surface area contributed by atoms with E-state index >= 15 is 0 Å². The zero-order valence-electron chi connectivity index (χ0n) is 17.7. The molecular formula is C22H22F3N4O3+. The average molecular weight is 447 g/mol. The molecule has 0 aliphatic carbocycles. The van der Waals surface area contributed by atoms with Crippen molar-refractivity contribution in [2.75, 3.05) is 20.3 Å². The number of aromatic nitrogens is 3. The van der Waals surface area contributed by atoms with Gasteiger partial charge in [-0.2, -0.15) is 23.0 Å². The molecule has 1 aromatic carbocycles. The molecule has 3 heterocycles. The van der Waals surface area contributed by atoms with Crippen LogP contribution < -0.4 is 4.74 Å². The molecular weight excluding hydrogens is 425 g/mol. The van der Waals surface area contributed by atoms with E-state index in [1.807, 2.05) is 38.1 Å². The van der Waals surface area contributed by atoms with Crippen molar-refractivity contribution in [2.45, 2.75) is 37.6 Å². The summed E-state index contributed by atoms with van der Waals surface area (Å²) in [4.78, 5) is 14.5. The number of nitrogens with one attached hydrogen (secondary N) is 1. The van der Waals surface area contributed by atoms with Crippen LogP contribution in [0.3, 0.4) is 0 Å². The number of nitrogens with zero attached hydrogens (tertiary/aromatic N) is 3. The monoisotopic (exact) mass is 447 g/mol. The first-order valence-corrected chi connectivity index (χ1v) is 9.93. The lowest BCUT2D eigenvalue weighted by atomic mass is 9.92. The molecule has 0 amide bonds. The van der Waals surface area contributed by atoms with Crippen LogP contribution in [0.1, 0.15) is 31.0 Å². The summed E-state index contributed by atoms with van der Waals surface area (Å²) in [7, 11) is 1.60. The number of hydrogen-bond acceptors (Lipinski definition) is 5. The van der Waals surface area contributed by atoms with Crippen LogP contribution in [-0.2, 0) is 15.7 Å². The number of hydrogen-bond donors (Lipinski definition) is 1. The van der Waals surface area contributed by atoms with Crippen molar-refractivity contribution in [3.63, 3.8) is 0 Å². The summed E-state index contributed by atoms with van der Waals surface area (Å²) in [5.41, 5.74) is -0.548. The molecule has 1 aliphatic heterocycles. The Hall–Kier alpha value is -3.16. The van der Waals surface area contributed by atoms with Gasteiger partial charge in [0.1, 0.15) is 35.5 Å². The van der Waals surface area contributed by atoms with Gasteiger partial charge in [0.05, 0.1) is 12.2 Å². The summed E-state index contributed by atoms with van der Waals surface area (Å²) in [5.74, 6) is 0.347. The smallest absolute Gasteiger partial charge is 0.438 e. The van der Waals surface area contributed by atoms with Gasteiger partial charge in [-0.1, -0.05) is 18.2 Å². The van der Waals surface area contributed by atoms with E-state index in [2.05, 4.69) is 25.9 Å². The van der Waals surface area contributed by atoms with Gasteiger partial charge in [-0.3, -0.25) is 0 Å². The van der Waals surface area contributed by atoms with E-state index in [-0.39, 0.29) is 23.5 Å². The lowest BCUT2D eigenvalue weighted by molar-refractivity contribution is -0.140. The molecule has 10 heteroatoms. The Bertz CT molecular complexity index is 1180. The maximum absolute atomic E-state index is 13.1. The van der Waals surface area contributed by atoms with Crippen LogP contribution in [0.4, 0.5) is 19.0 Å². The Morgan fingerprint density at radius 3 is 2.78 bits per heavy atom. The summed E-state index contributed by atoms with van der Waals surface area (Å²) in [5, 5.41) is 0.158. The summed E-state index contributed by atoms with van der Waals surface area (Å²) in [6.45, 7) is 4.38. The fourth-order valence-corrected chi connectivity index (χ4v) is 3.30. The SMILES string of the molecule is COC(C)(C)CO[C@H]1COc2ccccc2C1C#[N+]c1ncnc2[nH]c(C(F)(F)F)cc12. The first kappa shape index (κ1) is 22.0. The molecule has 0 bridgehead atoms. The molecule has 2 aromatic heterocycles. The molecule has 168 valence electrons. The van der Waals surface area contributed by atoms with Crippen LogP contribution in [-0.4, -0.2) is 47.0 Å². The molecule has 0 radical (unpaired) electrons. The molecule has 0 fully saturated rings. The zero-order valence-corrected chi connectivity index (χ0v) is 17.7. The summed E-state index contributed by atoms with van der Waals surface area (Å²) in [6, 6.07) is 11.4. The van der Waals surface area contributed by atoms with Gasteiger partial charge < -0.3 is 19.2 Å². The number of aromatic amines is 1. The molecule has 32 heavy (non-hydrogen) atoms. The highest BCUT2D eigenvalue weighted by Crippen LogP contribution is 2.37. The topological polar surface area (TPSA) is 73.6 Å². The van der Waals surface area contributed by atoms with E-state index in [1.54, 1.807) is 7.11 Å². The number of halogens is 3. The Kier molecular flexibility index (Phi) is 5.79. The van der Waals surface area contributed by atoms with Gasteiger partial charge in [-0.25, -0.2) is 0 Å². The van der Waals surface area contributed by atoms with Crippen molar-refractivity contribution in [3.8, 4) is 11.8 Å². The molecule has 1 N–H and O–H groups in total. The Morgan fingerprint density at radius 2 is 2.03 bits per heavy atom. The molecule has 3 aromatic rings. The van der Waals surface area contributed by atoms with Crippen molar-refractivity contribution in [2.24, 2.45) is 0 Å². The first-order chi connectivity index (χ1) is 15.2. The van der Waals surface area contributed by atoms with Gasteiger partial charge in [-0.05, 0) is 31.0 Å². The second-order valence-electron chi connectivity index (χ2n) is 8.02. The third kappa shape index (κ3) is 4.54. The molecule has 2 atom stereocenters. The van der Waals surface area contributed by atoms with Gasteiger partial charge in [0.2, 0.25) is 6.33 Å². The minimum absolute atomic E-state index is 0.0508. The highest BCUT2D eigenvalue weighted by Gasteiger charge is 2.36. The number of H-pyrrole nitrogens is 1. The zero-order chi connectivity index (χ0) is 22.9. The highest BCUT2D eigenvalue weighted by atomic mass is 19.4. The summed E-state index contributed by atoms with van der Waals surface area (Å²) >= 11 is 0. The van der Waals surface area contributed by atoms with Crippen LogP contribution in [0.5, 0.6) is 5.75 Å². The van der Waals surface area contributed by atoms with E-state index in [0.717, 1.165) is 18.0 Å². The third-order valence-corrected chi connectivity index (χ3v) is 5.25. The quantitative estimate of drug-likeness (QED) is 0.614.